The Bertz CT molecular complexity index is 437. The predicted molar refractivity (Wildman–Crippen MR) is 70.3 cm³/mol. The number of unbranched alkanes of at least 4 members (excludes halogenated alkanes) is 1. The van der Waals surface area contributed by atoms with Crippen LogP contribution in [-0.2, 0) is 9.47 Å². The van der Waals surface area contributed by atoms with Crippen LogP contribution in [0.15, 0.2) is 24.3 Å². The molecule has 0 radical (unpaired) electrons. The first kappa shape index (κ1) is 18.5. The van der Waals surface area contributed by atoms with E-state index in [1.807, 2.05) is 6.92 Å². The van der Waals surface area contributed by atoms with Crippen molar-refractivity contribution >= 4 is 0 Å². The molecule has 0 aliphatic carbocycles. The highest BCUT2D eigenvalue weighted by Gasteiger charge is 2.61. The van der Waals surface area contributed by atoms with Crippen molar-refractivity contribution < 1.29 is 36.9 Å². The Morgan fingerprint density at radius 1 is 0.955 bits per heavy atom. The highest BCUT2D eigenvalue weighted by molar-refractivity contribution is 5.30. The number of hydrogen-bond donors (Lipinski definition) is 1. The smallest absolute Gasteiger partial charge is 0.494 e. The summed E-state index contributed by atoms with van der Waals surface area (Å²) in [4.78, 5) is 0. The molecule has 1 aromatic rings. The molecule has 22 heavy (non-hydrogen) atoms. The van der Waals surface area contributed by atoms with E-state index in [9.17, 15) is 17.6 Å². The van der Waals surface area contributed by atoms with E-state index in [1.165, 1.54) is 0 Å². The predicted octanol–water partition coefficient (Wildman–Crippen LogP) is 3.79. The highest BCUT2D eigenvalue weighted by Crippen LogP contribution is 2.37. The van der Waals surface area contributed by atoms with Crippen molar-refractivity contribution in [3.63, 3.8) is 0 Å². The fraction of sp³-hybridized carbons (Fsp3) is 0.571. The van der Waals surface area contributed by atoms with E-state index in [2.05, 4.69) is 9.47 Å². The molecule has 0 atom stereocenters. The average molecular weight is 326 g/mol. The van der Waals surface area contributed by atoms with Crippen LogP contribution >= 0.6 is 0 Å². The molecule has 8 heteroatoms. The van der Waals surface area contributed by atoms with Crippen molar-refractivity contribution in [1.29, 1.82) is 0 Å². The van der Waals surface area contributed by atoms with Gasteiger partial charge in [-0.05, 0) is 30.7 Å². The van der Waals surface area contributed by atoms with Gasteiger partial charge in [-0.2, -0.15) is 17.6 Å². The van der Waals surface area contributed by atoms with E-state index in [1.54, 1.807) is 0 Å². The van der Waals surface area contributed by atoms with Gasteiger partial charge in [0.1, 0.15) is 11.5 Å². The molecule has 0 unspecified atom stereocenters. The summed E-state index contributed by atoms with van der Waals surface area (Å²) in [5.41, 5.74) is 0. The average Bonchev–Trinajstić information content (AvgIpc) is 2.45. The molecule has 0 heterocycles. The van der Waals surface area contributed by atoms with Crippen LogP contribution in [0, 0.1) is 0 Å². The zero-order chi connectivity index (χ0) is 16.6. The molecule has 126 valence electrons. The number of benzene rings is 1. The molecule has 0 fully saturated rings. The first-order chi connectivity index (χ1) is 10.3. The summed E-state index contributed by atoms with van der Waals surface area (Å²) in [6.07, 6.45) is -8.04. The van der Waals surface area contributed by atoms with Crippen molar-refractivity contribution in [2.45, 2.75) is 32.0 Å². The largest absolute Gasteiger partial charge is 0.508 e. The summed E-state index contributed by atoms with van der Waals surface area (Å²) >= 11 is 0. The molecule has 0 amide bonds. The molecule has 4 nitrogen and oxygen atoms in total. The van der Waals surface area contributed by atoms with Gasteiger partial charge in [-0.25, -0.2) is 0 Å². The van der Waals surface area contributed by atoms with Crippen LogP contribution in [0.3, 0.4) is 0 Å². The van der Waals surface area contributed by atoms with Gasteiger partial charge in [-0.15, -0.1) is 0 Å². The molecule has 0 aromatic heterocycles. The molecule has 1 rings (SSSR count). The maximum atomic E-state index is 13.4. The SMILES string of the molecule is CCCCOCCOC(F)(F)C(F)(F)Oc1ccc(O)cc1. The number of halogens is 4. The summed E-state index contributed by atoms with van der Waals surface area (Å²) in [6, 6.07) is 3.94. The quantitative estimate of drug-likeness (QED) is 0.525. The van der Waals surface area contributed by atoms with Gasteiger partial charge in [-0.1, -0.05) is 13.3 Å². The second-order valence-corrected chi connectivity index (χ2v) is 4.44. The second kappa shape index (κ2) is 8.19. The van der Waals surface area contributed by atoms with Crippen molar-refractivity contribution in [3.8, 4) is 11.5 Å². The van der Waals surface area contributed by atoms with E-state index in [4.69, 9.17) is 9.84 Å². The summed E-state index contributed by atoms with van der Waals surface area (Å²) in [7, 11) is 0. The fourth-order valence-electron chi connectivity index (χ4n) is 1.38. The van der Waals surface area contributed by atoms with Crippen LogP contribution in [0.1, 0.15) is 19.8 Å². The lowest BCUT2D eigenvalue weighted by molar-refractivity contribution is -0.408. The lowest BCUT2D eigenvalue weighted by Gasteiger charge is -2.25. The number of ether oxygens (including phenoxy) is 3. The number of aromatic hydroxyl groups is 1. The minimum absolute atomic E-state index is 0.206. The molecular weight excluding hydrogens is 308 g/mol. The van der Waals surface area contributed by atoms with Gasteiger partial charge in [0, 0.05) is 6.61 Å². The van der Waals surface area contributed by atoms with Gasteiger partial charge < -0.3 is 19.3 Å². The van der Waals surface area contributed by atoms with Crippen LogP contribution < -0.4 is 4.74 Å². The summed E-state index contributed by atoms with van der Waals surface area (Å²) in [6.45, 7) is 1.37. The van der Waals surface area contributed by atoms with Crippen molar-refractivity contribution in [1.82, 2.24) is 0 Å². The van der Waals surface area contributed by atoms with Crippen LogP contribution in [0.4, 0.5) is 17.6 Å². The maximum absolute atomic E-state index is 13.4. The molecule has 1 N–H and O–H groups in total. The first-order valence-electron chi connectivity index (χ1n) is 6.74. The molecule has 0 bridgehead atoms. The van der Waals surface area contributed by atoms with Gasteiger partial charge in [0.05, 0.1) is 13.2 Å². The number of rotatable bonds is 10. The van der Waals surface area contributed by atoms with Gasteiger partial charge in [0.25, 0.3) is 0 Å². The fourth-order valence-corrected chi connectivity index (χ4v) is 1.38. The van der Waals surface area contributed by atoms with Crippen LogP contribution in [-0.4, -0.2) is 37.1 Å². The highest BCUT2D eigenvalue weighted by atomic mass is 19.3. The van der Waals surface area contributed by atoms with Crippen LogP contribution in [0.2, 0.25) is 0 Å². The number of phenolic OH excluding ortho intramolecular Hbond substituents is 1. The number of alkyl halides is 4. The van der Waals surface area contributed by atoms with E-state index >= 15 is 0 Å². The topological polar surface area (TPSA) is 47.9 Å². The van der Waals surface area contributed by atoms with Crippen molar-refractivity contribution in [3.05, 3.63) is 24.3 Å². The summed E-state index contributed by atoms with van der Waals surface area (Å²) in [5, 5.41) is 8.99. The molecule has 0 aliphatic rings. The monoisotopic (exact) mass is 326 g/mol. The Hall–Kier alpha value is -1.54. The van der Waals surface area contributed by atoms with Crippen LogP contribution in [0.25, 0.3) is 0 Å². The van der Waals surface area contributed by atoms with E-state index < -0.39 is 24.6 Å². The van der Waals surface area contributed by atoms with Gasteiger partial charge >= 0.3 is 12.2 Å². The summed E-state index contributed by atoms with van der Waals surface area (Å²) in [5.74, 6) is -0.729. The standard InChI is InChI=1S/C14H18F4O4/c1-2-3-8-20-9-10-21-13(15,16)14(17,18)22-12-6-4-11(19)5-7-12/h4-7,19H,2-3,8-10H2,1H3. The van der Waals surface area contributed by atoms with Gasteiger partial charge in [-0.3, -0.25) is 0 Å². The van der Waals surface area contributed by atoms with Gasteiger partial charge in [0.2, 0.25) is 0 Å². The van der Waals surface area contributed by atoms with Gasteiger partial charge in [0.15, 0.2) is 0 Å². The molecule has 0 saturated heterocycles. The third-order valence-electron chi connectivity index (χ3n) is 2.57. The van der Waals surface area contributed by atoms with Crippen molar-refractivity contribution in [2.75, 3.05) is 19.8 Å². The Morgan fingerprint density at radius 3 is 2.18 bits per heavy atom. The lowest BCUT2D eigenvalue weighted by atomic mass is 10.3. The molecule has 1 aromatic carbocycles. The lowest BCUT2D eigenvalue weighted by Crippen LogP contribution is -2.47. The minimum Gasteiger partial charge on any atom is -0.508 e. The van der Waals surface area contributed by atoms with E-state index in [0.29, 0.717) is 6.61 Å². The Morgan fingerprint density at radius 2 is 1.59 bits per heavy atom. The van der Waals surface area contributed by atoms with E-state index in [-0.39, 0.29) is 12.4 Å². The number of hydrogen-bond acceptors (Lipinski definition) is 4. The Labute approximate surface area is 125 Å². The van der Waals surface area contributed by atoms with Crippen molar-refractivity contribution in [2.24, 2.45) is 0 Å². The zero-order valence-corrected chi connectivity index (χ0v) is 12.0. The second-order valence-electron chi connectivity index (χ2n) is 4.44. The molecule has 0 spiro atoms. The number of phenols is 1. The first-order valence-corrected chi connectivity index (χ1v) is 6.74. The minimum atomic E-state index is -4.85. The normalized spacial score (nSPS) is 12.4. The molecule has 0 saturated carbocycles. The van der Waals surface area contributed by atoms with Crippen LogP contribution in [0.5, 0.6) is 11.5 Å². The third kappa shape index (κ3) is 5.69. The Balaban J connectivity index is 2.48. The van der Waals surface area contributed by atoms with E-state index in [0.717, 1.165) is 37.1 Å². The maximum Gasteiger partial charge on any atom is 0.494 e. The third-order valence-corrected chi connectivity index (χ3v) is 2.57. The molecular formula is C14H18F4O4. The summed E-state index contributed by atoms with van der Waals surface area (Å²) < 4.78 is 66.3. The zero-order valence-electron chi connectivity index (χ0n) is 12.0. The Kier molecular flexibility index (Phi) is 6.89. The molecule has 0 aliphatic heterocycles.